The molecule has 0 aromatic carbocycles. The molecule has 0 bridgehead atoms. The zero-order chi connectivity index (χ0) is 13.3. The summed E-state index contributed by atoms with van der Waals surface area (Å²) < 4.78 is 24.8. The van der Waals surface area contributed by atoms with Crippen molar-refractivity contribution in [3.8, 4) is 0 Å². The maximum absolute atomic E-state index is 12.4. The van der Waals surface area contributed by atoms with Gasteiger partial charge in [0.25, 0.3) is 12.3 Å². The lowest BCUT2D eigenvalue weighted by molar-refractivity contribution is 0.0538. The van der Waals surface area contributed by atoms with E-state index in [0.717, 1.165) is 29.1 Å². The van der Waals surface area contributed by atoms with Crippen molar-refractivity contribution in [1.29, 1.82) is 0 Å². The first-order valence-corrected chi connectivity index (χ1v) is 6.23. The first-order valence-electron chi connectivity index (χ1n) is 5.41. The van der Waals surface area contributed by atoms with Crippen LogP contribution in [0, 0.1) is 0 Å². The highest BCUT2D eigenvalue weighted by Gasteiger charge is 2.35. The average Bonchev–Trinajstić information content (AvgIpc) is 3.00. The van der Waals surface area contributed by atoms with Crippen LogP contribution in [0.1, 0.15) is 32.2 Å². The fourth-order valence-electron chi connectivity index (χ4n) is 1.64. The molecule has 1 aliphatic rings. The van der Waals surface area contributed by atoms with E-state index in [9.17, 15) is 18.4 Å². The number of aromatic carboxylic acids is 1. The van der Waals surface area contributed by atoms with Crippen molar-refractivity contribution in [1.82, 2.24) is 4.90 Å². The summed E-state index contributed by atoms with van der Waals surface area (Å²) in [6.07, 6.45) is -1.11. The molecule has 1 saturated carbocycles. The van der Waals surface area contributed by atoms with Gasteiger partial charge >= 0.3 is 5.97 Å². The molecule has 1 amide bonds. The van der Waals surface area contributed by atoms with E-state index < -0.39 is 24.8 Å². The third kappa shape index (κ3) is 2.84. The Labute approximate surface area is 106 Å². The number of carbonyl (C=O) groups excluding carboxylic acids is 1. The predicted molar refractivity (Wildman–Crippen MR) is 61.3 cm³/mol. The third-order valence-corrected chi connectivity index (χ3v) is 3.67. The van der Waals surface area contributed by atoms with Gasteiger partial charge in [-0.15, -0.1) is 11.3 Å². The third-order valence-electron chi connectivity index (χ3n) is 2.61. The zero-order valence-electron chi connectivity index (χ0n) is 9.31. The Morgan fingerprint density at radius 3 is 2.44 bits per heavy atom. The standard InChI is InChI=1S/C11H11F2NO3S/c12-9(13)5-14(6-1-2-6)10(15)7-3-4-8(18-7)11(16)17/h3-4,6,9H,1-2,5H2,(H,16,17). The zero-order valence-corrected chi connectivity index (χ0v) is 10.1. The van der Waals surface area contributed by atoms with Gasteiger partial charge in [0.05, 0.1) is 11.4 Å². The van der Waals surface area contributed by atoms with E-state index in [2.05, 4.69) is 0 Å². The van der Waals surface area contributed by atoms with Crippen LogP contribution in [0.25, 0.3) is 0 Å². The largest absolute Gasteiger partial charge is 0.477 e. The molecule has 0 aliphatic heterocycles. The highest BCUT2D eigenvalue weighted by atomic mass is 32.1. The second-order valence-corrected chi connectivity index (χ2v) is 5.13. The van der Waals surface area contributed by atoms with Gasteiger partial charge in [-0.25, -0.2) is 13.6 Å². The number of amides is 1. The van der Waals surface area contributed by atoms with Gasteiger partial charge in [-0.05, 0) is 25.0 Å². The van der Waals surface area contributed by atoms with E-state index in [1.54, 1.807) is 0 Å². The summed E-state index contributed by atoms with van der Waals surface area (Å²) >= 11 is 0.814. The van der Waals surface area contributed by atoms with E-state index in [4.69, 9.17) is 5.11 Å². The molecule has 0 unspecified atom stereocenters. The maximum atomic E-state index is 12.4. The second-order valence-electron chi connectivity index (χ2n) is 4.05. The number of rotatable bonds is 5. The molecule has 1 aromatic rings. The number of carboxylic acids is 1. The Hall–Kier alpha value is -1.50. The highest BCUT2D eigenvalue weighted by molar-refractivity contribution is 7.15. The van der Waals surface area contributed by atoms with Crippen molar-refractivity contribution in [2.45, 2.75) is 25.3 Å². The molecule has 4 nitrogen and oxygen atoms in total. The Morgan fingerprint density at radius 1 is 1.39 bits per heavy atom. The number of hydrogen-bond donors (Lipinski definition) is 1. The monoisotopic (exact) mass is 275 g/mol. The normalized spacial score (nSPS) is 14.8. The van der Waals surface area contributed by atoms with Crippen LogP contribution in [-0.2, 0) is 0 Å². The first-order chi connectivity index (χ1) is 8.49. The minimum Gasteiger partial charge on any atom is -0.477 e. The van der Waals surface area contributed by atoms with Crippen LogP contribution in [0.4, 0.5) is 8.78 Å². The van der Waals surface area contributed by atoms with Crippen molar-refractivity contribution in [3.63, 3.8) is 0 Å². The Morgan fingerprint density at radius 2 is 2.00 bits per heavy atom. The molecule has 7 heteroatoms. The lowest BCUT2D eigenvalue weighted by atomic mass is 10.3. The number of thiophene rings is 1. The Bertz CT molecular complexity index is 471. The smallest absolute Gasteiger partial charge is 0.345 e. The van der Waals surface area contributed by atoms with Crippen LogP contribution in [0.2, 0.25) is 0 Å². The SMILES string of the molecule is O=C(O)c1ccc(C(=O)N(CC(F)F)C2CC2)s1. The van der Waals surface area contributed by atoms with Crippen molar-refractivity contribution >= 4 is 23.2 Å². The molecular formula is C11H11F2NO3S. The Kier molecular flexibility index (Phi) is 3.60. The van der Waals surface area contributed by atoms with Gasteiger partial charge in [-0.2, -0.15) is 0 Å². The number of carboxylic acid groups (broad SMARTS) is 1. The van der Waals surface area contributed by atoms with Crippen LogP contribution >= 0.6 is 11.3 Å². The molecule has 0 atom stereocenters. The van der Waals surface area contributed by atoms with Gasteiger partial charge in [0, 0.05) is 6.04 Å². The highest BCUT2D eigenvalue weighted by Crippen LogP contribution is 2.30. The van der Waals surface area contributed by atoms with Gasteiger partial charge in [0.15, 0.2) is 0 Å². The molecule has 1 aromatic heterocycles. The van der Waals surface area contributed by atoms with Crippen molar-refractivity contribution < 1.29 is 23.5 Å². The number of hydrogen-bond acceptors (Lipinski definition) is 3. The molecule has 1 aliphatic carbocycles. The van der Waals surface area contributed by atoms with E-state index in [1.807, 2.05) is 0 Å². The molecule has 1 heterocycles. The summed E-state index contributed by atoms with van der Waals surface area (Å²) in [7, 11) is 0. The van der Waals surface area contributed by atoms with Crippen LogP contribution < -0.4 is 0 Å². The van der Waals surface area contributed by atoms with Crippen LogP contribution in [0.5, 0.6) is 0 Å². The van der Waals surface area contributed by atoms with E-state index in [-0.39, 0.29) is 15.8 Å². The molecule has 1 fully saturated rings. The molecular weight excluding hydrogens is 264 g/mol. The number of nitrogens with zero attached hydrogens (tertiary/aromatic N) is 1. The van der Waals surface area contributed by atoms with Crippen LogP contribution in [-0.4, -0.2) is 40.9 Å². The summed E-state index contributed by atoms with van der Waals surface area (Å²) in [6, 6.07) is 2.56. The fourth-order valence-corrected chi connectivity index (χ4v) is 2.44. The molecule has 0 saturated heterocycles. The fraction of sp³-hybridized carbons (Fsp3) is 0.455. The predicted octanol–water partition coefficient (Wildman–Crippen LogP) is 2.32. The van der Waals surface area contributed by atoms with Crippen molar-refractivity contribution in [3.05, 3.63) is 21.9 Å². The van der Waals surface area contributed by atoms with Crippen LogP contribution in [0.15, 0.2) is 12.1 Å². The van der Waals surface area contributed by atoms with Gasteiger partial charge in [-0.1, -0.05) is 0 Å². The Balaban J connectivity index is 2.14. The summed E-state index contributed by atoms with van der Waals surface area (Å²) in [5, 5.41) is 8.75. The van der Waals surface area contributed by atoms with Gasteiger partial charge in [0.2, 0.25) is 0 Å². The number of carbonyl (C=O) groups is 2. The average molecular weight is 275 g/mol. The van der Waals surface area contributed by atoms with Crippen molar-refractivity contribution in [2.75, 3.05) is 6.54 Å². The lowest BCUT2D eigenvalue weighted by Gasteiger charge is -2.21. The van der Waals surface area contributed by atoms with Crippen molar-refractivity contribution in [2.24, 2.45) is 0 Å². The van der Waals surface area contributed by atoms with Crippen LogP contribution in [0.3, 0.4) is 0 Å². The maximum Gasteiger partial charge on any atom is 0.345 e. The molecule has 0 spiro atoms. The molecule has 18 heavy (non-hydrogen) atoms. The quantitative estimate of drug-likeness (QED) is 0.897. The van der Waals surface area contributed by atoms with Gasteiger partial charge < -0.3 is 10.0 Å². The number of halogens is 2. The lowest BCUT2D eigenvalue weighted by Crippen LogP contribution is -2.36. The summed E-state index contributed by atoms with van der Waals surface area (Å²) in [4.78, 5) is 24.1. The molecule has 1 N–H and O–H groups in total. The minimum atomic E-state index is -2.58. The number of alkyl halides is 2. The minimum absolute atomic E-state index is 0.0335. The van der Waals surface area contributed by atoms with E-state index >= 15 is 0 Å². The van der Waals surface area contributed by atoms with Gasteiger partial charge in [-0.3, -0.25) is 4.79 Å². The summed E-state index contributed by atoms with van der Waals surface area (Å²) in [6.45, 7) is -0.593. The summed E-state index contributed by atoms with van der Waals surface area (Å²) in [5.74, 6) is -1.62. The molecule has 0 radical (unpaired) electrons. The van der Waals surface area contributed by atoms with E-state index in [1.165, 1.54) is 12.1 Å². The summed E-state index contributed by atoms with van der Waals surface area (Å²) in [5.41, 5.74) is 0. The second kappa shape index (κ2) is 5.01. The van der Waals surface area contributed by atoms with E-state index in [0.29, 0.717) is 0 Å². The first kappa shape index (κ1) is 12.9. The molecule has 2 rings (SSSR count). The molecule has 98 valence electrons. The topological polar surface area (TPSA) is 57.6 Å². The van der Waals surface area contributed by atoms with Gasteiger partial charge in [0.1, 0.15) is 4.88 Å².